The molecule has 224 valence electrons. The Balaban J connectivity index is 0.000000135. The van der Waals surface area contributed by atoms with E-state index in [9.17, 15) is 19.8 Å². The maximum Gasteiger partial charge on any atom is 0.312 e. The minimum Gasteiger partial charge on any atom is -0.481 e. The van der Waals surface area contributed by atoms with Gasteiger partial charge in [-0.1, -0.05) is 58.3 Å². The van der Waals surface area contributed by atoms with Gasteiger partial charge in [0.05, 0.1) is 35.2 Å². The molecule has 8 nitrogen and oxygen atoms in total. The molecule has 1 spiro atoms. The number of hydrogen-bond acceptors (Lipinski definition) is 6. The number of ether oxygens (including phenoxy) is 4. The first kappa shape index (κ1) is 27.6. The summed E-state index contributed by atoms with van der Waals surface area (Å²) >= 11 is 0. The first-order chi connectivity index (χ1) is 19.2. The van der Waals surface area contributed by atoms with Crippen molar-refractivity contribution in [2.75, 3.05) is 0 Å². The third-order valence-electron chi connectivity index (χ3n) is 12.1. The summed E-state index contributed by atoms with van der Waals surface area (Å²) in [5.74, 6) is 0.376. The fourth-order valence-electron chi connectivity index (χ4n) is 9.48. The lowest BCUT2D eigenvalue weighted by atomic mass is 9.67. The lowest BCUT2D eigenvalue weighted by Crippen LogP contribution is -2.42. The van der Waals surface area contributed by atoms with Crippen molar-refractivity contribution in [2.24, 2.45) is 28.6 Å². The zero-order chi connectivity index (χ0) is 27.7. The normalized spacial score (nSPS) is 49.6. The Kier molecular flexibility index (Phi) is 7.04. The van der Waals surface area contributed by atoms with Gasteiger partial charge in [0.1, 0.15) is 12.2 Å². The van der Waals surface area contributed by atoms with E-state index in [1.807, 2.05) is 0 Å². The van der Waals surface area contributed by atoms with E-state index in [1.165, 1.54) is 57.8 Å². The van der Waals surface area contributed by atoms with Gasteiger partial charge in [0.2, 0.25) is 5.79 Å². The second kappa shape index (κ2) is 10.2. The molecular weight excluding hydrogens is 512 g/mol. The average Bonchev–Trinajstić information content (AvgIpc) is 3.77. The van der Waals surface area contributed by atoms with Gasteiger partial charge in [-0.2, -0.15) is 0 Å². The standard InChI is InChI=1S/C18H28O4.C14H20O4/c1-11-8-12(9-14-16(11)22-14)4-2-3-6-18(17(19)20)7-5-13-15(10-18)21-13;15-12(16)13(8-9-4-2-1-3-5-9)7-6-10-14(17-10)11(13)18-14/h11-16H,2-10H2,1H3,(H,19,20);9-11H,1-8H2,(H,15,16). The van der Waals surface area contributed by atoms with Crippen LogP contribution in [-0.2, 0) is 28.5 Å². The van der Waals surface area contributed by atoms with Crippen LogP contribution in [0.3, 0.4) is 0 Å². The van der Waals surface area contributed by atoms with E-state index in [-0.39, 0.29) is 18.3 Å². The Bertz CT molecular complexity index is 995. The molecule has 4 aliphatic carbocycles. The van der Waals surface area contributed by atoms with Crippen LogP contribution < -0.4 is 0 Å². The number of carboxylic acids is 2. The molecule has 8 heteroatoms. The summed E-state index contributed by atoms with van der Waals surface area (Å²) in [6.07, 6.45) is 19.7. The van der Waals surface area contributed by atoms with Gasteiger partial charge in [-0.15, -0.1) is 0 Å². The van der Waals surface area contributed by atoms with Crippen molar-refractivity contribution < 1.29 is 38.7 Å². The minimum atomic E-state index is -0.663. The largest absolute Gasteiger partial charge is 0.481 e. The second-order valence-corrected chi connectivity index (χ2v) is 14.8. The number of epoxide rings is 4. The molecule has 4 saturated carbocycles. The van der Waals surface area contributed by atoms with Crippen LogP contribution in [0, 0.1) is 28.6 Å². The topological polar surface area (TPSA) is 125 Å². The van der Waals surface area contributed by atoms with E-state index in [4.69, 9.17) is 18.9 Å². The number of carbonyl (C=O) groups is 2. The predicted molar refractivity (Wildman–Crippen MR) is 145 cm³/mol. The third kappa shape index (κ3) is 5.03. The molecule has 0 aromatic rings. The number of aliphatic carboxylic acids is 2. The van der Waals surface area contributed by atoms with Crippen LogP contribution in [0.2, 0.25) is 0 Å². The summed E-state index contributed by atoms with van der Waals surface area (Å²) in [6.45, 7) is 2.31. The summed E-state index contributed by atoms with van der Waals surface area (Å²) in [5, 5.41) is 19.4. The smallest absolute Gasteiger partial charge is 0.312 e. The monoisotopic (exact) mass is 560 g/mol. The van der Waals surface area contributed by atoms with Crippen LogP contribution >= 0.6 is 0 Å². The second-order valence-electron chi connectivity index (χ2n) is 14.8. The van der Waals surface area contributed by atoms with Crippen molar-refractivity contribution in [3.05, 3.63) is 0 Å². The molecule has 8 fully saturated rings. The number of hydrogen-bond donors (Lipinski definition) is 2. The molecule has 4 aliphatic heterocycles. The number of rotatable bonds is 9. The first-order valence-corrected chi connectivity index (χ1v) is 16.4. The highest BCUT2D eigenvalue weighted by Crippen LogP contribution is 2.69. The molecule has 2 N–H and O–H groups in total. The van der Waals surface area contributed by atoms with E-state index in [0.29, 0.717) is 24.2 Å². The van der Waals surface area contributed by atoms with Crippen molar-refractivity contribution in [1.82, 2.24) is 0 Å². The first-order valence-electron chi connectivity index (χ1n) is 16.4. The van der Waals surface area contributed by atoms with Crippen molar-refractivity contribution in [3.63, 3.8) is 0 Å². The van der Waals surface area contributed by atoms with Crippen molar-refractivity contribution in [2.45, 2.75) is 158 Å². The van der Waals surface area contributed by atoms with Crippen LogP contribution in [0.4, 0.5) is 0 Å². The Morgan fingerprint density at radius 1 is 0.825 bits per heavy atom. The Labute approximate surface area is 237 Å². The Morgan fingerprint density at radius 2 is 1.65 bits per heavy atom. The molecule has 0 aromatic carbocycles. The van der Waals surface area contributed by atoms with Crippen LogP contribution in [0.1, 0.15) is 116 Å². The zero-order valence-corrected chi connectivity index (χ0v) is 24.1. The molecule has 0 bridgehead atoms. The highest BCUT2D eigenvalue weighted by atomic mass is 16.9. The summed E-state index contributed by atoms with van der Waals surface area (Å²) < 4.78 is 22.4. The molecule has 11 unspecified atom stereocenters. The van der Waals surface area contributed by atoms with E-state index in [1.54, 1.807) is 0 Å². The van der Waals surface area contributed by atoms with Gasteiger partial charge in [-0.05, 0) is 75.5 Å². The maximum atomic E-state index is 11.8. The predicted octanol–water partition coefficient (Wildman–Crippen LogP) is 5.70. The van der Waals surface area contributed by atoms with E-state index >= 15 is 0 Å². The van der Waals surface area contributed by atoms with Gasteiger partial charge >= 0.3 is 11.9 Å². The number of carboxylic acid groups (broad SMARTS) is 2. The Hall–Kier alpha value is -1.22. The molecule has 40 heavy (non-hydrogen) atoms. The van der Waals surface area contributed by atoms with Gasteiger partial charge in [0.25, 0.3) is 0 Å². The van der Waals surface area contributed by atoms with Crippen LogP contribution in [0.15, 0.2) is 0 Å². The van der Waals surface area contributed by atoms with E-state index < -0.39 is 28.6 Å². The van der Waals surface area contributed by atoms with Crippen LogP contribution in [0.5, 0.6) is 0 Å². The molecule has 0 amide bonds. The minimum absolute atomic E-state index is 0.164. The van der Waals surface area contributed by atoms with Crippen LogP contribution in [0.25, 0.3) is 0 Å². The number of fused-ring (bicyclic) bond motifs is 2. The van der Waals surface area contributed by atoms with Gasteiger partial charge in [-0.25, -0.2) is 0 Å². The van der Waals surface area contributed by atoms with Crippen LogP contribution in [-0.4, -0.2) is 64.6 Å². The van der Waals surface area contributed by atoms with E-state index in [2.05, 4.69) is 6.92 Å². The lowest BCUT2D eigenvalue weighted by molar-refractivity contribution is -0.153. The fourth-order valence-corrected chi connectivity index (χ4v) is 9.48. The highest BCUT2D eigenvalue weighted by molar-refractivity contribution is 5.77. The zero-order valence-electron chi connectivity index (χ0n) is 24.1. The van der Waals surface area contributed by atoms with Crippen molar-refractivity contribution in [3.8, 4) is 0 Å². The molecular formula is C32H48O8. The maximum absolute atomic E-state index is 11.8. The Morgan fingerprint density at radius 3 is 2.38 bits per heavy atom. The molecule has 8 rings (SSSR count). The summed E-state index contributed by atoms with van der Waals surface area (Å²) in [4.78, 5) is 23.6. The van der Waals surface area contributed by atoms with Crippen molar-refractivity contribution >= 4 is 11.9 Å². The summed E-state index contributed by atoms with van der Waals surface area (Å²) in [7, 11) is 0. The average molecular weight is 561 g/mol. The summed E-state index contributed by atoms with van der Waals surface area (Å²) in [6, 6.07) is 0. The highest BCUT2D eigenvalue weighted by Gasteiger charge is 2.85. The number of unbranched alkanes of at least 4 members (excludes halogenated alkanes) is 1. The fraction of sp³-hybridized carbons (Fsp3) is 0.938. The van der Waals surface area contributed by atoms with Gasteiger partial charge in [0, 0.05) is 0 Å². The molecule has 0 radical (unpaired) electrons. The van der Waals surface area contributed by atoms with Crippen molar-refractivity contribution in [1.29, 1.82) is 0 Å². The quantitative estimate of drug-likeness (QED) is 0.272. The molecule has 8 aliphatic rings. The molecule has 11 atom stereocenters. The van der Waals surface area contributed by atoms with Gasteiger partial charge in [0.15, 0.2) is 0 Å². The summed E-state index contributed by atoms with van der Waals surface area (Å²) in [5.41, 5.74) is -1.16. The van der Waals surface area contributed by atoms with E-state index in [0.717, 1.165) is 63.2 Å². The molecule has 4 heterocycles. The molecule has 0 aromatic heterocycles. The van der Waals surface area contributed by atoms with Gasteiger partial charge in [-0.3, -0.25) is 9.59 Å². The lowest BCUT2D eigenvalue weighted by Gasteiger charge is -2.34. The van der Waals surface area contributed by atoms with Gasteiger partial charge < -0.3 is 29.2 Å². The third-order valence-corrected chi connectivity index (χ3v) is 12.1. The SMILES string of the molecule is CC1CC(CCCCC2(C(=O)O)CCC3OC3C2)CC2OC12.O=C(O)C1(CC2CCCCC2)CCC2OC23OC13. The molecule has 4 saturated heterocycles.